The van der Waals surface area contributed by atoms with E-state index in [0.29, 0.717) is 19.2 Å². The molecule has 1 aliphatic carbocycles. The molecule has 0 unspecified atom stereocenters. The van der Waals surface area contributed by atoms with Gasteiger partial charge in [0.05, 0.1) is 33.3 Å². The van der Waals surface area contributed by atoms with Gasteiger partial charge in [0.25, 0.3) is 0 Å². The maximum absolute atomic E-state index is 12.0. The highest BCUT2D eigenvalue weighted by molar-refractivity contribution is 14.0. The topological polar surface area (TPSA) is 81.2 Å². The van der Waals surface area contributed by atoms with Gasteiger partial charge in [0.15, 0.2) is 17.5 Å². The van der Waals surface area contributed by atoms with Crippen LogP contribution in [0.1, 0.15) is 58.9 Å². The first kappa shape index (κ1) is 28.3. The SMILES string of the molecule is CCNC(=NCC(C)(C)c1ccc(OC)c(OC)c1)NC1CCC(C(=O)OCC)CC1.I. The Kier molecular flexibility index (Phi) is 12.2. The Balaban J connectivity index is 0.00000512. The van der Waals surface area contributed by atoms with Gasteiger partial charge in [-0.1, -0.05) is 19.9 Å². The molecule has 7 nitrogen and oxygen atoms in total. The summed E-state index contributed by atoms with van der Waals surface area (Å²) in [5.74, 6) is 2.23. The Morgan fingerprint density at radius 3 is 2.31 bits per heavy atom. The summed E-state index contributed by atoms with van der Waals surface area (Å²) in [5.41, 5.74) is 0.961. The van der Waals surface area contributed by atoms with Crippen LogP contribution in [0.25, 0.3) is 0 Å². The van der Waals surface area contributed by atoms with Crippen molar-refractivity contribution < 1.29 is 19.0 Å². The number of hydrogen-bond acceptors (Lipinski definition) is 5. The number of hydrogen-bond donors (Lipinski definition) is 2. The van der Waals surface area contributed by atoms with Crippen molar-refractivity contribution in [3.63, 3.8) is 0 Å². The van der Waals surface area contributed by atoms with E-state index in [-0.39, 0.29) is 41.3 Å². The molecule has 8 heteroatoms. The molecule has 1 aliphatic rings. The summed E-state index contributed by atoms with van der Waals surface area (Å²) in [5, 5.41) is 6.91. The third kappa shape index (κ3) is 8.01. The van der Waals surface area contributed by atoms with Crippen LogP contribution in [0, 0.1) is 5.92 Å². The first-order valence-electron chi connectivity index (χ1n) is 11.3. The van der Waals surface area contributed by atoms with Crippen molar-refractivity contribution in [1.29, 1.82) is 0 Å². The Morgan fingerprint density at radius 2 is 1.75 bits per heavy atom. The summed E-state index contributed by atoms with van der Waals surface area (Å²) >= 11 is 0. The summed E-state index contributed by atoms with van der Waals surface area (Å²) < 4.78 is 16.0. The Labute approximate surface area is 210 Å². The largest absolute Gasteiger partial charge is 0.493 e. The quantitative estimate of drug-likeness (QED) is 0.203. The summed E-state index contributed by atoms with van der Waals surface area (Å²) in [4.78, 5) is 16.8. The highest BCUT2D eigenvalue weighted by Gasteiger charge is 2.28. The summed E-state index contributed by atoms with van der Waals surface area (Å²) in [6, 6.07) is 6.33. The molecule has 0 spiro atoms. The van der Waals surface area contributed by atoms with E-state index >= 15 is 0 Å². The zero-order valence-electron chi connectivity index (χ0n) is 20.3. The molecular weight excluding hydrogens is 521 g/mol. The molecule has 0 heterocycles. The van der Waals surface area contributed by atoms with Crippen molar-refractivity contribution in [1.82, 2.24) is 10.6 Å². The third-order valence-electron chi connectivity index (χ3n) is 5.83. The lowest BCUT2D eigenvalue weighted by atomic mass is 9.84. The lowest BCUT2D eigenvalue weighted by Crippen LogP contribution is -2.46. The molecule has 1 aromatic carbocycles. The van der Waals surface area contributed by atoms with Gasteiger partial charge in [0, 0.05) is 18.0 Å². The molecule has 182 valence electrons. The fraction of sp³-hybridized carbons (Fsp3) is 0.667. The second-order valence-electron chi connectivity index (χ2n) is 8.59. The van der Waals surface area contributed by atoms with Crippen LogP contribution >= 0.6 is 24.0 Å². The second-order valence-corrected chi connectivity index (χ2v) is 8.59. The van der Waals surface area contributed by atoms with Crippen LogP contribution in [-0.2, 0) is 14.9 Å². The number of halogens is 1. The Bertz CT molecular complexity index is 747. The third-order valence-corrected chi connectivity index (χ3v) is 5.83. The maximum atomic E-state index is 12.0. The average molecular weight is 562 g/mol. The standard InChI is InChI=1S/C24H39N3O4.HI/c1-7-25-23(27-19-12-9-17(10-13-19)22(28)31-8-2)26-16-24(3,4)18-11-14-20(29-5)21(15-18)30-6;/h11,14-15,17,19H,7-10,12-13,16H2,1-6H3,(H2,25,26,27);1H. The van der Waals surface area contributed by atoms with E-state index < -0.39 is 0 Å². The van der Waals surface area contributed by atoms with E-state index in [2.05, 4.69) is 37.5 Å². The number of benzene rings is 1. The van der Waals surface area contributed by atoms with Crippen molar-refractivity contribution in [3.05, 3.63) is 23.8 Å². The molecule has 0 aromatic heterocycles. The number of guanidine groups is 1. The zero-order valence-corrected chi connectivity index (χ0v) is 22.7. The normalized spacial score (nSPS) is 18.9. The zero-order chi connectivity index (χ0) is 22.9. The molecule has 0 radical (unpaired) electrons. The summed E-state index contributed by atoms with van der Waals surface area (Å²) in [7, 11) is 3.29. The number of aliphatic imine (C=N–C) groups is 1. The minimum Gasteiger partial charge on any atom is -0.493 e. The van der Waals surface area contributed by atoms with Crippen LogP contribution in [0.2, 0.25) is 0 Å². The molecule has 0 aliphatic heterocycles. The summed E-state index contributed by atoms with van der Waals surface area (Å²) in [6.45, 7) is 10.1. The predicted octanol–water partition coefficient (Wildman–Crippen LogP) is 4.28. The molecule has 1 saturated carbocycles. The average Bonchev–Trinajstić information content (AvgIpc) is 2.77. The van der Waals surface area contributed by atoms with Crippen LogP contribution in [-0.4, -0.2) is 51.9 Å². The van der Waals surface area contributed by atoms with Crippen LogP contribution in [0.15, 0.2) is 23.2 Å². The van der Waals surface area contributed by atoms with Gasteiger partial charge in [-0.3, -0.25) is 9.79 Å². The van der Waals surface area contributed by atoms with E-state index in [1.165, 1.54) is 0 Å². The molecular formula is C24H40IN3O4. The van der Waals surface area contributed by atoms with Gasteiger partial charge < -0.3 is 24.8 Å². The first-order chi connectivity index (χ1) is 14.8. The Morgan fingerprint density at radius 1 is 1.09 bits per heavy atom. The van der Waals surface area contributed by atoms with E-state index in [1.54, 1.807) is 14.2 Å². The van der Waals surface area contributed by atoms with Gasteiger partial charge in [-0.15, -0.1) is 24.0 Å². The number of rotatable bonds is 9. The van der Waals surface area contributed by atoms with Crippen LogP contribution < -0.4 is 20.1 Å². The van der Waals surface area contributed by atoms with Crippen LogP contribution in [0.4, 0.5) is 0 Å². The van der Waals surface area contributed by atoms with E-state index in [0.717, 1.165) is 55.3 Å². The molecule has 0 saturated heterocycles. The number of carbonyl (C=O) groups excluding carboxylic acids is 1. The fourth-order valence-corrected chi connectivity index (χ4v) is 3.87. The highest BCUT2D eigenvalue weighted by Crippen LogP contribution is 2.33. The molecule has 0 amide bonds. The Hall–Kier alpha value is -1.71. The predicted molar refractivity (Wildman–Crippen MR) is 139 cm³/mol. The number of ether oxygens (including phenoxy) is 3. The smallest absolute Gasteiger partial charge is 0.308 e. The lowest BCUT2D eigenvalue weighted by Gasteiger charge is -2.30. The van der Waals surface area contributed by atoms with Crippen molar-refractivity contribution in [2.24, 2.45) is 10.9 Å². The van der Waals surface area contributed by atoms with Gasteiger partial charge >= 0.3 is 5.97 Å². The number of carbonyl (C=O) groups is 1. The summed E-state index contributed by atoms with van der Waals surface area (Å²) in [6.07, 6.45) is 3.58. The van der Waals surface area contributed by atoms with Crippen molar-refractivity contribution >= 4 is 35.9 Å². The van der Waals surface area contributed by atoms with Gasteiger partial charge in [-0.25, -0.2) is 0 Å². The monoisotopic (exact) mass is 561 g/mol. The van der Waals surface area contributed by atoms with Crippen LogP contribution in [0.5, 0.6) is 11.5 Å². The highest BCUT2D eigenvalue weighted by atomic mass is 127. The maximum Gasteiger partial charge on any atom is 0.308 e. The van der Waals surface area contributed by atoms with Gasteiger partial charge in [-0.05, 0) is 57.2 Å². The van der Waals surface area contributed by atoms with E-state index in [1.807, 2.05) is 19.1 Å². The number of nitrogens with one attached hydrogen (secondary N) is 2. The van der Waals surface area contributed by atoms with Crippen molar-refractivity contribution in [2.45, 2.75) is 64.8 Å². The number of nitrogens with zero attached hydrogens (tertiary/aromatic N) is 1. The molecule has 1 fully saturated rings. The molecule has 32 heavy (non-hydrogen) atoms. The first-order valence-corrected chi connectivity index (χ1v) is 11.3. The van der Waals surface area contributed by atoms with Gasteiger partial charge in [0.2, 0.25) is 0 Å². The molecule has 0 atom stereocenters. The molecule has 2 N–H and O–H groups in total. The van der Waals surface area contributed by atoms with Crippen LogP contribution in [0.3, 0.4) is 0 Å². The van der Waals surface area contributed by atoms with E-state index in [9.17, 15) is 4.79 Å². The molecule has 2 rings (SSSR count). The lowest BCUT2D eigenvalue weighted by molar-refractivity contribution is -0.149. The fourth-order valence-electron chi connectivity index (χ4n) is 3.87. The van der Waals surface area contributed by atoms with Crippen molar-refractivity contribution in [2.75, 3.05) is 33.9 Å². The minimum atomic E-state index is -0.177. The molecule has 0 bridgehead atoms. The minimum absolute atomic E-state index is 0. The number of esters is 1. The number of methoxy groups -OCH3 is 2. The van der Waals surface area contributed by atoms with E-state index in [4.69, 9.17) is 19.2 Å². The van der Waals surface area contributed by atoms with Gasteiger partial charge in [-0.2, -0.15) is 0 Å². The molecule has 1 aromatic rings. The van der Waals surface area contributed by atoms with Crippen molar-refractivity contribution in [3.8, 4) is 11.5 Å². The van der Waals surface area contributed by atoms with Gasteiger partial charge in [0.1, 0.15) is 0 Å². The second kappa shape index (κ2) is 13.7.